The summed E-state index contributed by atoms with van der Waals surface area (Å²) in [6, 6.07) is 1.95. The number of likely N-dealkylation sites (tertiary alicyclic amines) is 1. The average molecular weight is 206 g/mol. The average Bonchev–Trinajstić information content (AvgIpc) is 2.25. The number of aryl methyl sites for hydroxylation is 1. The van der Waals surface area contributed by atoms with Crippen molar-refractivity contribution < 1.29 is 4.74 Å². The van der Waals surface area contributed by atoms with Crippen LogP contribution in [-0.2, 0) is 0 Å². The number of aromatic nitrogens is 1. The second-order valence-electron chi connectivity index (χ2n) is 4.26. The highest BCUT2D eigenvalue weighted by atomic mass is 16.5. The summed E-state index contributed by atoms with van der Waals surface area (Å²) >= 11 is 0. The van der Waals surface area contributed by atoms with E-state index in [4.69, 9.17) is 4.74 Å². The van der Waals surface area contributed by atoms with Gasteiger partial charge in [0.05, 0.1) is 0 Å². The minimum Gasteiger partial charge on any atom is -0.490 e. The quantitative estimate of drug-likeness (QED) is 0.738. The number of pyridine rings is 1. The van der Waals surface area contributed by atoms with Crippen LogP contribution in [0.15, 0.2) is 18.5 Å². The lowest BCUT2D eigenvalue weighted by Crippen LogP contribution is -2.35. The van der Waals surface area contributed by atoms with Gasteiger partial charge in [0.15, 0.2) is 0 Å². The van der Waals surface area contributed by atoms with Crippen molar-refractivity contribution in [1.29, 1.82) is 0 Å². The van der Waals surface area contributed by atoms with Crippen LogP contribution in [0.5, 0.6) is 5.75 Å². The molecule has 0 aromatic carbocycles. The summed E-state index contributed by atoms with van der Waals surface area (Å²) in [5.41, 5.74) is 1.12. The molecule has 82 valence electrons. The minimum absolute atomic E-state index is 0.377. The van der Waals surface area contributed by atoms with E-state index in [1.165, 1.54) is 0 Å². The Labute approximate surface area is 91.1 Å². The maximum atomic E-state index is 5.97. The summed E-state index contributed by atoms with van der Waals surface area (Å²) in [7, 11) is 2.16. The molecule has 3 nitrogen and oxygen atoms in total. The zero-order valence-electron chi connectivity index (χ0n) is 9.44. The summed E-state index contributed by atoms with van der Waals surface area (Å²) in [5, 5.41) is 0. The smallest absolute Gasteiger partial charge is 0.125 e. The highest BCUT2D eigenvalue weighted by molar-refractivity contribution is 5.28. The van der Waals surface area contributed by atoms with E-state index in [1.54, 1.807) is 6.20 Å². The minimum atomic E-state index is 0.377. The fourth-order valence-electron chi connectivity index (χ4n) is 1.88. The van der Waals surface area contributed by atoms with E-state index in [9.17, 15) is 0 Å². The Balaban J connectivity index is 1.95. The molecular weight excluding hydrogens is 188 g/mol. The molecule has 2 rings (SSSR count). The molecule has 1 saturated heterocycles. The van der Waals surface area contributed by atoms with Crippen molar-refractivity contribution in [3.8, 4) is 5.75 Å². The molecular formula is C12H18N2O. The summed E-state index contributed by atoms with van der Waals surface area (Å²) < 4.78 is 5.97. The van der Waals surface area contributed by atoms with Crippen LogP contribution in [0.1, 0.15) is 18.4 Å². The third kappa shape index (κ3) is 2.69. The highest BCUT2D eigenvalue weighted by Crippen LogP contribution is 2.20. The number of hydrogen-bond acceptors (Lipinski definition) is 3. The molecule has 0 saturated carbocycles. The Kier molecular flexibility index (Phi) is 3.21. The van der Waals surface area contributed by atoms with E-state index < -0.39 is 0 Å². The van der Waals surface area contributed by atoms with Gasteiger partial charge in [-0.05, 0) is 32.9 Å². The van der Waals surface area contributed by atoms with Gasteiger partial charge in [-0.2, -0.15) is 0 Å². The van der Waals surface area contributed by atoms with Crippen LogP contribution in [0, 0.1) is 6.92 Å². The van der Waals surface area contributed by atoms with Crippen LogP contribution >= 0.6 is 0 Å². The molecule has 0 bridgehead atoms. The second kappa shape index (κ2) is 4.62. The molecule has 0 spiro atoms. The monoisotopic (exact) mass is 206 g/mol. The number of rotatable bonds is 2. The van der Waals surface area contributed by atoms with Crippen LogP contribution in [0.2, 0.25) is 0 Å². The summed E-state index contributed by atoms with van der Waals surface area (Å²) in [5.74, 6) is 0.986. The van der Waals surface area contributed by atoms with E-state index in [0.29, 0.717) is 6.10 Å². The summed E-state index contributed by atoms with van der Waals surface area (Å²) in [4.78, 5) is 6.41. The molecule has 1 aliphatic rings. The maximum absolute atomic E-state index is 5.97. The highest BCUT2D eigenvalue weighted by Gasteiger charge is 2.18. The van der Waals surface area contributed by atoms with Gasteiger partial charge in [0.2, 0.25) is 0 Å². The Hall–Kier alpha value is -1.09. The van der Waals surface area contributed by atoms with Crippen LogP contribution in [0.4, 0.5) is 0 Å². The number of hydrogen-bond donors (Lipinski definition) is 0. The van der Waals surface area contributed by atoms with Crippen molar-refractivity contribution in [2.24, 2.45) is 0 Å². The topological polar surface area (TPSA) is 25.4 Å². The Morgan fingerprint density at radius 3 is 2.80 bits per heavy atom. The molecule has 1 fully saturated rings. The number of piperidine rings is 1. The van der Waals surface area contributed by atoms with Crippen molar-refractivity contribution in [1.82, 2.24) is 9.88 Å². The van der Waals surface area contributed by atoms with Crippen LogP contribution in [0.25, 0.3) is 0 Å². The first-order valence-corrected chi connectivity index (χ1v) is 5.51. The molecule has 3 heteroatoms. The predicted molar refractivity (Wildman–Crippen MR) is 60.1 cm³/mol. The Morgan fingerprint density at radius 2 is 2.13 bits per heavy atom. The standard InChI is InChI=1S/C12H18N2O/c1-10-9-13-6-3-12(10)15-11-4-7-14(2)8-5-11/h3,6,9,11H,4-5,7-8H2,1-2H3. The molecule has 0 atom stereocenters. The van der Waals surface area contributed by atoms with Crippen molar-refractivity contribution in [3.63, 3.8) is 0 Å². The van der Waals surface area contributed by atoms with E-state index >= 15 is 0 Å². The SMILES string of the molecule is Cc1cnccc1OC1CCN(C)CC1. The van der Waals surface area contributed by atoms with Gasteiger partial charge in [-0.3, -0.25) is 4.98 Å². The fraction of sp³-hybridized carbons (Fsp3) is 0.583. The first-order chi connectivity index (χ1) is 7.25. The summed E-state index contributed by atoms with van der Waals surface area (Å²) in [6.45, 7) is 4.31. The molecule has 1 aromatic heterocycles. The normalized spacial score (nSPS) is 19.1. The number of nitrogens with zero attached hydrogens (tertiary/aromatic N) is 2. The lowest BCUT2D eigenvalue weighted by Gasteiger charge is -2.29. The molecule has 1 aromatic rings. The van der Waals surface area contributed by atoms with Crippen LogP contribution in [0.3, 0.4) is 0 Å². The zero-order valence-corrected chi connectivity index (χ0v) is 9.44. The lowest BCUT2D eigenvalue weighted by atomic mass is 10.1. The van der Waals surface area contributed by atoms with Gasteiger partial charge in [-0.15, -0.1) is 0 Å². The summed E-state index contributed by atoms with van der Waals surface area (Å²) in [6.07, 6.45) is 6.26. The molecule has 15 heavy (non-hydrogen) atoms. The van der Waals surface area contributed by atoms with E-state index in [1.807, 2.05) is 19.2 Å². The van der Waals surface area contributed by atoms with Gasteiger partial charge in [0.25, 0.3) is 0 Å². The predicted octanol–water partition coefficient (Wildman–Crippen LogP) is 1.86. The number of ether oxygens (including phenoxy) is 1. The molecule has 2 heterocycles. The van der Waals surface area contributed by atoms with Crippen molar-refractivity contribution in [2.75, 3.05) is 20.1 Å². The van der Waals surface area contributed by atoms with Crippen LogP contribution < -0.4 is 4.74 Å². The third-order valence-corrected chi connectivity index (χ3v) is 2.93. The van der Waals surface area contributed by atoms with Crippen molar-refractivity contribution >= 4 is 0 Å². The lowest BCUT2D eigenvalue weighted by molar-refractivity contribution is 0.113. The van der Waals surface area contributed by atoms with Gasteiger partial charge in [0.1, 0.15) is 11.9 Å². The molecule has 1 aliphatic heterocycles. The van der Waals surface area contributed by atoms with E-state index in [0.717, 1.165) is 37.2 Å². The van der Waals surface area contributed by atoms with Gasteiger partial charge in [-0.25, -0.2) is 0 Å². The van der Waals surface area contributed by atoms with Crippen molar-refractivity contribution in [3.05, 3.63) is 24.0 Å². The fourth-order valence-corrected chi connectivity index (χ4v) is 1.88. The maximum Gasteiger partial charge on any atom is 0.125 e. The first-order valence-electron chi connectivity index (χ1n) is 5.51. The van der Waals surface area contributed by atoms with Gasteiger partial charge >= 0.3 is 0 Å². The van der Waals surface area contributed by atoms with Crippen LogP contribution in [-0.4, -0.2) is 36.1 Å². The van der Waals surface area contributed by atoms with Gasteiger partial charge in [0, 0.05) is 31.0 Å². The van der Waals surface area contributed by atoms with Gasteiger partial charge < -0.3 is 9.64 Å². The largest absolute Gasteiger partial charge is 0.490 e. The first kappa shape index (κ1) is 10.4. The molecule has 0 N–H and O–H groups in total. The van der Waals surface area contributed by atoms with Crippen molar-refractivity contribution in [2.45, 2.75) is 25.9 Å². The second-order valence-corrected chi connectivity index (χ2v) is 4.26. The zero-order chi connectivity index (χ0) is 10.7. The molecule has 0 radical (unpaired) electrons. The van der Waals surface area contributed by atoms with E-state index in [-0.39, 0.29) is 0 Å². The Morgan fingerprint density at radius 1 is 1.40 bits per heavy atom. The Bertz CT molecular complexity index is 319. The molecule has 0 aliphatic carbocycles. The van der Waals surface area contributed by atoms with E-state index in [2.05, 4.69) is 16.9 Å². The molecule has 0 unspecified atom stereocenters. The third-order valence-electron chi connectivity index (χ3n) is 2.93. The molecule has 0 amide bonds. The van der Waals surface area contributed by atoms with Gasteiger partial charge in [-0.1, -0.05) is 0 Å².